The fourth-order valence-corrected chi connectivity index (χ4v) is 10.5. The fraction of sp³-hybridized carbons (Fsp3) is 0.778. The van der Waals surface area contributed by atoms with E-state index in [4.69, 9.17) is 24.7 Å². The normalized spacial score (nSPS) is 36.1. The standard InChI is InChI=1S/C63H109N3O17/c1-11-21-46(12-2)38-80-57(75)36-58(76)81-49-31-47(67)30-48(68)32-52(70)39(3)23-19-25-43(7)59(42(6)22-17-15-13-14-16-18-29-66-62(64)65-10)82-61(78)44(8)26-20-24-40(4)53(71)35-54(72)45(9)51(69)28-27-41(5)56(74)37-63(79)60(77)55(73)34-50(33-49)83-63/h13-14,19-20,23-26,40-43,45-56,59-60,67-74,77,79H,11-12,15-18,21-22,27-38H2,1-10H3,(H3,64,65,66)/b14-13+,24-20-,25-19-,39-23-,44-26-. The molecule has 0 aromatic heterocycles. The van der Waals surface area contributed by atoms with Crippen molar-refractivity contribution in [2.45, 2.75) is 257 Å². The van der Waals surface area contributed by atoms with Gasteiger partial charge in [-0.05, 0) is 95.0 Å². The first-order chi connectivity index (χ1) is 39.1. The zero-order valence-corrected chi connectivity index (χ0v) is 51.5. The minimum atomic E-state index is -2.51. The lowest BCUT2D eigenvalue weighted by atomic mass is 9.84. The number of ether oxygens (including phenoxy) is 4. The highest BCUT2D eigenvalue weighted by molar-refractivity contribution is 5.91. The van der Waals surface area contributed by atoms with Gasteiger partial charge >= 0.3 is 17.9 Å². The van der Waals surface area contributed by atoms with Crippen LogP contribution in [0.4, 0.5) is 0 Å². The van der Waals surface area contributed by atoms with Gasteiger partial charge in [-0.3, -0.25) is 14.6 Å². The summed E-state index contributed by atoms with van der Waals surface area (Å²) in [6.07, 6.45) is 4.29. The number of nitrogens with one attached hydrogen (secondary N) is 1. The number of aliphatic hydroxyl groups is 10. The van der Waals surface area contributed by atoms with Crippen molar-refractivity contribution in [1.82, 2.24) is 5.32 Å². The van der Waals surface area contributed by atoms with Crippen LogP contribution in [0.15, 0.2) is 64.7 Å². The van der Waals surface area contributed by atoms with Crippen molar-refractivity contribution in [3.05, 3.63) is 59.8 Å². The Hall–Kier alpha value is -4.06. The van der Waals surface area contributed by atoms with E-state index in [0.717, 1.165) is 51.4 Å². The molecule has 478 valence electrons. The number of rotatable bonds is 17. The molecule has 2 aliphatic rings. The third-order valence-electron chi connectivity index (χ3n) is 16.5. The number of nitrogens with two attached hydrogens (primary N) is 1. The summed E-state index contributed by atoms with van der Waals surface area (Å²) < 4.78 is 23.3. The highest BCUT2D eigenvalue weighted by Gasteiger charge is 2.50. The van der Waals surface area contributed by atoms with E-state index < -0.39 is 128 Å². The van der Waals surface area contributed by atoms with Gasteiger partial charge in [0.15, 0.2) is 11.7 Å². The Morgan fingerprint density at radius 3 is 2.11 bits per heavy atom. The molecule has 20 nitrogen and oxygen atoms in total. The smallest absolute Gasteiger partial charge is 0.334 e. The Kier molecular flexibility index (Phi) is 35.8. The summed E-state index contributed by atoms with van der Waals surface area (Å²) in [4.78, 5) is 43.7. The lowest BCUT2D eigenvalue weighted by Crippen LogP contribution is -2.60. The van der Waals surface area contributed by atoms with Gasteiger partial charge in [0.2, 0.25) is 0 Å². The molecule has 0 aliphatic carbocycles. The van der Waals surface area contributed by atoms with Gasteiger partial charge in [-0.15, -0.1) is 0 Å². The molecule has 0 radical (unpaired) electrons. The Bertz CT molecular complexity index is 2070. The average molecular weight is 1180 g/mol. The van der Waals surface area contributed by atoms with E-state index in [1.165, 1.54) is 0 Å². The van der Waals surface area contributed by atoms with Gasteiger partial charge in [0.05, 0.1) is 61.5 Å². The number of nitrogens with zero attached hydrogens (tertiary/aromatic N) is 1. The maximum absolute atomic E-state index is 13.7. The van der Waals surface area contributed by atoms with Gasteiger partial charge in [-0.25, -0.2) is 4.79 Å². The van der Waals surface area contributed by atoms with Crippen molar-refractivity contribution in [3.63, 3.8) is 0 Å². The monoisotopic (exact) mass is 1180 g/mol. The summed E-state index contributed by atoms with van der Waals surface area (Å²) in [6, 6.07) is 0. The average Bonchev–Trinajstić information content (AvgIpc) is 3.42. The zero-order chi connectivity index (χ0) is 62.4. The molecule has 0 spiro atoms. The second kappa shape index (κ2) is 39.6. The lowest BCUT2D eigenvalue weighted by Gasteiger charge is -2.45. The minimum absolute atomic E-state index is 0.0612. The molecule has 0 aromatic carbocycles. The van der Waals surface area contributed by atoms with E-state index in [9.17, 15) is 65.4 Å². The van der Waals surface area contributed by atoms with Gasteiger partial charge < -0.3 is 81.1 Å². The Balaban J connectivity index is 2.47. The number of unbranched alkanes of at least 4 members (excludes halogenated alkanes) is 2. The molecular weight excluding hydrogens is 1070 g/mol. The lowest BCUT2D eigenvalue weighted by molar-refractivity contribution is -0.333. The molecule has 2 heterocycles. The number of carbonyl (C=O) groups is 3. The van der Waals surface area contributed by atoms with E-state index in [1.807, 2.05) is 33.8 Å². The Labute approximate surface area is 495 Å². The number of allylic oxidation sites excluding steroid dienone is 6. The van der Waals surface area contributed by atoms with Crippen molar-refractivity contribution in [1.29, 1.82) is 0 Å². The second-order valence-corrected chi connectivity index (χ2v) is 23.9. The van der Waals surface area contributed by atoms with Crippen LogP contribution in [0.5, 0.6) is 0 Å². The van der Waals surface area contributed by atoms with Crippen LogP contribution >= 0.6 is 0 Å². The van der Waals surface area contributed by atoms with Crippen molar-refractivity contribution in [2.24, 2.45) is 46.2 Å². The zero-order valence-electron chi connectivity index (χ0n) is 51.5. The number of carbonyl (C=O) groups excluding carboxylic acids is 3. The Morgan fingerprint density at radius 2 is 1.45 bits per heavy atom. The van der Waals surface area contributed by atoms with Crippen LogP contribution in [0.1, 0.15) is 178 Å². The second-order valence-electron chi connectivity index (χ2n) is 23.9. The van der Waals surface area contributed by atoms with Gasteiger partial charge in [0, 0.05) is 75.4 Å². The van der Waals surface area contributed by atoms with Crippen LogP contribution in [0.2, 0.25) is 0 Å². The molecule has 2 aliphatic heterocycles. The third-order valence-corrected chi connectivity index (χ3v) is 16.5. The molecule has 0 amide bonds. The number of hydrogen-bond acceptors (Lipinski definition) is 18. The van der Waals surface area contributed by atoms with E-state index in [-0.39, 0.29) is 75.7 Å². The summed E-state index contributed by atoms with van der Waals surface area (Å²) >= 11 is 0. The molecule has 13 N–H and O–H groups in total. The molecule has 0 aromatic rings. The van der Waals surface area contributed by atoms with Crippen LogP contribution < -0.4 is 11.1 Å². The number of aliphatic hydroxyl groups excluding tert-OH is 9. The van der Waals surface area contributed by atoms with Gasteiger partial charge in [-0.1, -0.05) is 110 Å². The van der Waals surface area contributed by atoms with Crippen LogP contribution in [0.25, 0.3) is 0 Å². The molecular formula is C63H109N3O17. The molecule has 2 rings (SSSR count). The molecule has 1 fully saturated rings. The van der Waals surface area contributed by atoms with Crippen molar-refractivity contribution < 1.29 is 84.4 Å². The summed E-state index contributed by atoms with van der Waals surface area (Å²) in [5.74, 6) is -6.42. The first-order valence-electron chi connectivity index (χ1n) is 30.5. The van der Waals surface area contributed by atoms with Gasteiger partial charge in [0.1, 0.15) is 24.7 Å². The van der Waals surface area contributed by atoms with Crippen molar-refractivity contribution >= 4 is 23.9 Å². The van der Waals surface area contributed by atoms with Gasteiger partial charge in [0.25, 0.3) is 0 Å². The summed E-state index contributed by atoms with van der Waals surface area (Å²) in [5.41, 5.74) is 6.53. The summed E-state index contributed by atoms with van der Waals surface area (Å²) in [6.45, 7) is 17.2. The highest BCUT2D eigenvalue weighted by atomic mass is 16.7. The van der Waals surface area contributed by atoms with Crippen LogP contribution in [-0.4, -0.2) is 174 Å². The molecule has 2 bridgehead atoms. The molecule has 1 saturated heterocycles. The summed E-state index contributed by atoms with van der Waals surface area (Å²) in [5, 5.41) is 115. The fourth-order valence-electron chi connectivity index (χ4n) is 10.5. The number of fused-ring (bicyclic) bond motifs is 2. The first kappa shape index (κ1) is 75.0. The van der Waals surface area contributed by atoms with E-state index in [0.29, 0.717) is 23.7 Å². The number of cyclic esters (lactones) is 1. The first-order valence-corrected chi connectivity index (χ1v) is 30.5. The maximum Gasteiger partial charge on any atom is 0.334 e. The van der Waals surface area contributed by atoms with Crippen LogP contribution in [-0.2, 0) is 33.3 Å². The van der Waals surface area contributed by atoms with Crippen molar-refractivity contribution in [3.8, 4) is 0 Å². The third kappa shape index (κ3) is 28.8. The maximum atomic E-state index is 13.7. The number of guanidine groups is 1. The predicted molar refractivity (Wildman–Crippen MR) is 319 cm³/mol. The van der Waals surface area contributed by atoms with E-state index in [1.54, 1.807) is 72.0 Å². The van der Waals surface area contributed by atoms with Gasteiger partial charge in [-0.2, -0.15) is 0 Å². The topological polar surface area (TPSA) is 341 Å². The molecule has 19 atom stereocenters. The molecule has 20 heteroatoms. The van der Waals surface area contributed by atoms with Crippen LogP contribution in [0, 0.1) is 35.5 Å². The molecule has 19 unspecified atom stereocenters. The quantitative estimate of drug-likeness (QED) is 0.0159. The summed E-state index contributed by atoms with van der Waals surface area (Å²) in [7, 11) is 1.63. The Morgan fingerprint density at radius 1 is 0.795 bits per heavy atom. The number of esters is 3. The predicted octanol–water partition coefficient (Wildman–Crippen LogP) is 5.66. The number of aliphatic imine (C=N–C) groups is 1. The SMILES string of the molecule is CCCC(CC)COC(=O)CC(=O)OC1CC(O)CC(O)CC(O)/C(C)=C\C=C/C(C)C(C(C)CCC/C=C/CCCNC(N)=NC)OC(=O)/C(C)=C\C=C/C(C)C(O)CC(O)C(C)C(O)CCC(C)C(O)CC2(O)OC(C1)CC(O)C2O. The van der Waals surface area contributed by atoms with Crippen LogP contribution in [0.3, 0.4) is 0 Å². The molecule has 83 heavy (non-hydrogen) atoms. The van der Waals surface area contributed by atoms with E-state index >= 15 is 0 Å². The largest absolute Gasteiger partial charge is 0.465 e. The van der Waals surface area contributed by atoms with E-state index in [2.05, 4.69) is 22.5 Å². The minimum Gasteiger partial charge on any atom is -0.465 e. The van der Waals surface area contributed by atoms with Crippen molar-refractivity contribution in [2.75, 3.05) is 20.2 Å². The number of hydrogen-bond donors (Lipinski definition) is 12. The molecule has 0 saturated carbocycles. The highest BCUT2D eigenvalue weighted by Crippen LogP contribution is 2.36.